The van der Waals surface area contributed by atoms with E-state index in [1.807, 2.05) is 0 Å². The predicted octanol–water partition coefficient (Wildman–Crippen LogP) is 8.45. The second-order valence-electron chi connectivity index (χ2n) is 10.5. The third-order valence-corrected chi connectivity index (χ3v) is 12.1. The summed E-state index contributed by atoms with van der Waals surface area (Å²) >= 11 is 0. The second-order valence-corrected chi connectivity index (χ2v) is 14.9. The molecule has 4 nitrogen and oxygen atoms in total. The second kappa shape index (κ2) is 20.7. The van der Waals surface area contributed by atoms with E-state index in [0.717, 1.165) is 0 Å². The number of nitrogens with zero attached hydrogens (tertiary/aromatic N) is 1. The number of nitro benzene ring substituents is 1. The summed E-state index contributed by atoms with van der Waals surface area (Å²) in [5, 5.41) is 18.6. The molecule has 7 rings (SSSR count). The molecule has 50 heavy (non-hydrogen) atoms. The number of rotatable bonds is 8. The Hall–Kier alpha value is -4.74. The number of hydrogen-bond donors (Lipinski definition) is 0. The fourth-order valence-corrected chi connectivity index (χ4v) is 9.60. The van der Waals surface area contributed by atoms with Crippen LogP contribution < -0.4 is 36.6 Å². The van der Waals surface area contributed by atoms with Crippen molar-refractivity contribution >= 4 is 53.4 Å². The molecule has 0 bridgehead atoms. The van der Waals surface area contributed by atoms with Crippen LogP contribution in [0.2, 0.25) is 0 Å². The van der Waals surface area contributed by atoms with Crippen LogP contribution in [-0.4, -0.2) is 4.92 Å². The van der Waals surface area contributed by atoms with Crippen LogP contribution in [0, 0.1) is 23.3 Å². The largest absolute Gasteiger partial charge is 2.00 e. The number of benzene rings is 7. The molecule has 250 valence electrons. The van der Waals surface area contributed by atoms with E-state index in [4.69, 9.17) is 0 Å². The van der Waals surface area contributed by atoms with Gasteiger partial charge in [-0.15, -0.1) is 6.07 Å². The van der Waals surface area contributed by atoms with Crippen LogP contribution >= 0.6 is 15.8 Å². The Bertz CT molecular complexity index is 1670. The zero-order valence-electron chi connectivity index (χ0n) is 27.1. The van der Waals surface area contributed by atoms with Gasteiger partial charge in [0.1, 0.15) is 0 Å². The summed E-state index contributed by atoms with van der Waals surface area (Å²) in [7, 11) is 2.21. The van der Waals surface area contributed by atoms with Gasteiger partial charge in [-0.05, 0) is 53.4 Å². The van der Waals surface area contributed by atoms with Crippen molar-refractivity contribution in [2.45, 2.75) is 0 Å². The van der Waals surface area contributed by atoms with E-state index in [9.17, 15) is 10.1 Å². The summed E-state index contributed by atoms with van der Waals surface area (Å²) in [5.41, 5.74) is -0.0256. The molecule has 0 saturated carbocycles. The average molecular weight is 782 g/mol. The van der Waals surface area contributed by atoms with E-state index in [2.05, 4.69) is 200 Å². The van der Waals surface area contributed by atoms with Crippen LogP contribution in [0.15, 0.2) is 200 Å². The van der Waals surface area contributed by atoms with E-state index in [0.29, 0.717) is 0 Å². The minimum absolute atomic E-state index is 0. The standard InChI is InChI=1S/2C18H15P.C7H5NO3.Pd/c2*1-4-10-16(11-5-1)19(17-12-6-2-7-13-17)18-14-8-3-9-15-18;1-11-7-4-2-3-6(5-7)8(9)10;/h2*1-15H;2-3,5H,1H2;/q;;-2;+2. The predicted molar refractivity (Wildman–Crippen MR) is 208 cm³/mol. The van der Waals surface area contributed by atoms with Crippen LogP contribution in [0.3, 0.4) is 0 Å². The van der Waals surface area contributed by atoms with Gasteiger partial charge in [0.05, 0.1) is 0 Å². The summed E-state index contributed by atoms with van der Waals surface area (Å²) in [6.07, 6.45) is 0. The van der Waals surface area contributed by atoms with E-state index < -0.39 is 20.8 Å². The number of hydrogen-bond acceptors (Lipinski definition) is 3. The van der Waals surface area contributed by atoms with Crippen molar-refractivity contribution < 1.29 is 30.1 Å². The zero-order chi connectivity index (χ0) is 34.1. The number of ether oxygens (including phenoxy) is 1. The minimum Gasteiger partial charge on any atom is -0.683 e. The topological polar surface area (TPSA) is 52.4 Å². The van der Waals surface area contributed by atoms with Gasteiger partial charge in [-0.25, -0.2) is 0 Å². The maximum absolute atomic E-state index is 10.2. The van der Waals surface area contributed by atoms with Crippen LogP contribution in [0.25, 0.3) is 0 Å². The molecule has 0 spiro atoms. The maximum atomic E-state index is 10.2. The van der Waals surface area contributed by atoms with Gasteiger partial charge in [0.2, 0.25) is 0 Å². The van der Waals surface area contributed by atoms with Crippen molar-refractivity contribution in [2.75, 3.05) is 0 Å². The van der Waals surface area contributed by atoms with Crippen molar-refractivity contribution in [3.8, 4) is 5.75 Å². The average Bonchev–Trinajstić information content (AvgIpc) is 3.18. The summed E-state index contributed by atoms with van der Waals surface area (Å²) < 4.78 is 4.50. The molecule has 0 aliphatic carbocycles. The number of nitro groups is 1. The maximum Gasteiger partial charge on any atom is 2.00 e. The van der Waals surface area contributed by atoms with Gasteiger partial charge < -0.3 is 4.74 Å². The molecule has 0 saturated heterocycles. The first-order chi connectivity index (χ1) is 24.1. The van der Waals surface area contributed by atoms with Crippen LogP contribution in [0.5, 0.6) is 5.75 Å². The first-order valence-corrected chi connectivity index (χ1v) is 18.3. The summed E-state index contributed by atoms with van der Waals surface area (Å²) in [6, 6.07) is 71.3. The minimum atomic E-state index is -0.504. The van der Waals surface area contributed by atoms with Crippen LogP contribution in [0.1, 0.15) is 0 Å². The molecule has 7 aromatic rings. The molecule has 0 unspecified atom stereocenters. The molecule has 0 fully saturated rings. The summed E-state index contributed by atoms with van der Waals surface area (Å²) in [6.45, 7) is 0. The Balaban J connectivity index is 0.000000174. The van der Waals surface area contributed by atoms with Crippen molar-refractivity contribution in [1.29, 1.82) is 0 Å². The monoisotopic (exact) mass is 781 g/mol. The molecule has 0 aliphatic rings. The van der Waals surface area contributed by atoms with Crippen LogP contribution in [-0.2, 0) is 20.4 Å². The fraction of sp³-hybridized carbons (Fsp3) is 0. The van der Waals surface area contributed by atoms with Crippen molar-refractivity contribution in [3.05, 3.63) is 223 Å². The molecular formula is C43H35NO3P2Pd. The molecule has 0 radical (unpaired) electrons. The zero-order valence-corrected chi connectivity index (χ0v) is 30.5. The Morgan fingerprint density at radius 1 is 0.480 bits per heavy atom. The van der Waals surface area contributed by atoms with Gasteiger partial charge in [0.15, 0.2) is 5.69 Å². The molecule has 0 heterocycles. The van der Waals surface area contributed by atoms with Gasteiger partial charge in [0.25, 0.3) is 0 Å². The van der Waals surface area contributed by atoms with E-state index in [-0.39, 0.29) is 31.9 Å². The van der Waals surface area contributed by atoms with Crippen molar-refractivity contribution in [2.24, 2.45) is 0 Å². The summed E-state index contributed by atoms with van der Waals surface area (Å²) in [5.74, 6) is 0.263. The number of non-ortho nitro benzene ring substituents is 1. The summed E-state index contributed by atoms with van der Waals surface area (Å²) in [4.78, 5) is 9.68. The Labute approximate surface area is 311 Å². The molecule has 0 amide bonds. The first kappa shape index (κ1) is 38.1. The van der Waals surface area contributed by atoms with Gasteiger partial charge in [-0.1, -0.05) is 194 Å². The fourth-order valence-electron chi connectivity index (χ4n) is 4.99. The Morgan fingerprint density at radius 2 is 0.740 bits per heavy atom. The van der Waals surface area contributed by atoms with Crippen LogP contribution in [0.4, 0.5) is 5.69 Å². The van der Waals surface area contributed by atoms with Crippen molar-refractivity contribution in [1.82, 2.24) is 0 Å². The Kier molecular flexibility index (Phi) is 15.8. The third kappa shape index (κ3) is 11.1. The van der Waals surface area contributed by atoms with Gasteiger partial charge in [-0.2, -0.15) is 13.2 Å². The Morgan fingerprint density at radius 3 is 0.960 bits per heavy atom. The molecular weight excluding hydrogens is 747 g/mol. The molecule has 0 aliphatic heterocycles. The van der Waals surface area contributed by atoms with E-state index in [1.165, 1.54) is 50.0 Å². The van der Waals surface area contributed by atoms with Gasteiger partial charge in [0, 0.05) is 4.92 Å². The normalized spacial score (nSPS) is 10.1. The molecule has 0 atom stereocenters. The van der Waals surface area contributed by atoms with E-state index >= 15 is 0 Å². The molecule has 7 aromatic carbocycles. The van der Waals surface area contributed by atoms with Gasteiger partial charge >= 0.3 is 20.4 Å². The third-order valence-electron chi connectivity index (χ3n) is 7.21. The molecule has 7 heteroatoms. The van der Waals surface area contributed by atoms with Crippen molar-refractivity contribution in [3.63, 3.8) is 0 Å². The molecule has 0 aromatic heterocycles. The van der Waals surface area contributed by atoms with E-state index in [1.54, 1.807) is 0 Å². The first-order valence-electron chi connectivity index (χ1n) is 15.6. The smallest absolute Gasteiger partial charge is 0.683 e. The molecule has 0 N–H and O–H groups in total. The van der Waals surface area contributed by atoms with Gasteiger partial charge in [-0.3, -0.25) is 10.1 Å². The SMILES string of the molecule is [CH2-]Oc1[c-]ccc([N+](=O)[O-])c1.[Pd+2].c1ccc(P(c2ccccc2)c2ccccc2)cc1.c1ccc(P(c2ccccc2)c2ccccc2)cc1. The quantitative estimate of drug-likeness (QED) is 0.0512.